The van der Waals surface area contributed by atoms with E-state index in [0.717, 1.165) is 12.4 Å². The molecule has 0 saturated heterocycles. The van der Waals surface area contributed by atoms with Crippen molar-refractivity contribution in [3.05, 3.63) is 31.1 Å². The summed E-state index contributed by atoms with van der Waals surface area (Å²) in [6, 6.07) is 5.75. The quantitative estimate of drug-likeness (QED) is 0.495. The van der Waals surface area contributed by atoms with Gasteiger partial charge in [0, 0.05) is 6.20 Å². The van der Waals surface area contributed by atoms with Crippen LogP contribution in [0.1, 0.15) is 39.0 Å². The Hall–Kier alpha value is -1.09. The first-order valence-electron chi connectivity index (χ1n) is 6.08. The summed E-state index contributed by atoms with van der Waals surface area (Å²) in [6.45, 7) is 6.14. The molecular weight excluding hydrogens is 198 g/mol. The molecule has 0 aliphatic heterocycles. The van der Waals surface area contributed by atoms with Crippen LogP contribution in [0.4, 0.5) is 5.82 Å². The van der Waals surface area contributed by atoms with Crippen molar-refractivity contribution in [1.82, 2.24) is 10.3 Å². The molecule has 0 aliphatic rings. The highest BCUT2D eigenvalue weighted by atomic mass is 15.1. The summed E-state index contributed by atoms with van der Waals surface area (Å²) >= 11 is 0. The van der Waals surface area contributed by atoms with Crippen LogP contribution in [-0.4, -0.2) is 11.5 Å². The van der Waals surface area contributed by atoms with E-state index >= 15 is 0 Å². The lowest BCUT2D eigenvalue weighted by Gasteiger charge is -2.05. The molecule has 16 heavy (non-hydrogen) atoms. The van der Waals surface area contributed by atoms with E-state index in [1.54, 1.807) is 6.20 Å². The van der Waals surface area contributed by atoms with Crippen LogP contribution in [0.2, 0.25) is 0 Å². The molecule has 2 N–H and O–H groups in total. The Morgan fingerprint density at radius 2 is 2.06 bits per heavy atom. The first kappa shape index (κ1) is 13.0. The fourth-order valence-electron chi connectivity index (χ4n) is 1.42. The molecule has 2 radical (unpaired) electrons. The largest absolute Gasteiger partial charge is 0.346 e. The molecule has 88 valence electrons. The average molecular weight is 219 g/mol. The number of anilines is 1. The number of nitrogens with one attached hydrogen (secondary N) is 2. The smallest absolute Gasteiger partial charge is 0.172 e. The van der Waals surface area contributed by atoms with E-state index < -0.39 is 0 Å². The minimum Gasteiger partial charge on any atom is -0.346 e. The van der Waals surface area contributed by atoms with Crippen molar-refractivity contribution >= 4 is 5.82 Å². The lowest BCUT2D eigenvalue weighted by atomic mass is 10.1. The van der Waals surface area contributed by atoms with E-state index in [1.807, 2.05) is 18.2 Å². The molecule has 1 aromatic heterocycles. The van der Waals surface area contributed by atoms with Crippen LogP contribution < -0.4 is 10.6 Å². The summed E-state index contributed by atoms with van der Waals surface area (Å²) < 4.78 is 0. The average Bonchev–Trinajstić information content (AvgIpc) is 2.34. The number of aromatic nitrogens is 1. The summed E-state index contributed by atoms with van der Waals surface area (Å²) in [5, 5.41) is 6.08. The molecule has 1 rings (SSSR count). The fourth-order valence-corrected chi connectivity index (χ4v) is 1.42. The maximum atomic E-state index is 4.12. The molecule has 0 atom stereocenters. The van der Waals surface area contributed by atoms with E-state index in [0.29, 0.717) is 0 Å². The maximum absolute atomic E-state index is 4.12. The van der Waals surface area contributed by atoms with E-state index in [-0.39, 0.29) is 0 Å². The molecule has 1 aromatic rings. The monoisotopic (exact) mass is 219 g/mol. The molecule has 0 unspecified atom stereocenters. The molecule has 3 heteroatoms. The van der Waals surface area contributed by atoms with Gasteiger partial charge in [-0.05, 0) is 25.1 Å². The summed E-state index contributed by atoms with van der Waals surface area (Å²) in [6.07, 6.45) is 8.25. The molecule has 0 saturated carbocycles. The standard InChI is InChI=1S/C13H21N3/c1-2-3-4-5-7-10-14-12-16-13-9-6-8-11-15-13/h6,8-9,11,14H,2-5,7,10H2,1H3,(H,15,16). The van der Waals surface area contributed by atoms with Crippen LogP contribution in [0.25, 0.3) is 0 Å². The molecule has 0 amide bonds. The maximum Gasteiger partial charge on any atom is 0.172 e. The van der Waals surface area contributed by atoms with Crippen molar-refractivity contribution in [3.8, 4) is 0 Å². The highest BCUT2D eigenvalue weighted by Gasteiger charge is 1.92. The Morgan fingerprint density at radius 1 is 1.19 bits per heavy atom. The van der Waals surface area contributed by atoms with Gasteiger partial charge in [-0.2, -0.15) is 0 Å². The normalized spacial score (nSPS) is 10.3. The van der Waals surface area contributed by atoms with Gasteiger partial charge < -0.3 is 5.32 Å². The molecule has 3 nitrogen and oxygen atoms in total. The zero-order valence-electron chi connectivity index (χ0n) is 10.00. The van der Waals surface area contributed by atoms with Gasteiger partial charge in [-0.3, -0.25) is 5.32 Å². The van der Waals surface area contributed by atoms with Crippen molar-refractivity contribution < 1.29 is 0 Å². The van der Waals surface area contributed by atoms with Gasteiger partial charge in [-0.25, -0.2) is 4.98 Å². The Morgan fingerprint density at radius 3 is 2.81 bits per heavy atom. The van der Waals surface area contributed by atoms with Crippen LogP contribution in [0.3, 0.4) is 0 Å². The van der Waals surface area contributed by atoms with Crippen LogP contribution in [0.15, 0.2) is 24.4 Å². The third-order valence-electron chi connectivity index (χ3n) is 2.35. The molecule has 0 bridgehead atoms. The summed E-state index contributed by atoms with van der Waals surface area (Å²) in [7, 11) is 0. The molecular formula is C13H21N3. The Bertz CT molecular complexity index is 249. The van der Waals surface area contributed by atoms with E-state index in [2.05, 4.69) is 29.2 Å². The summed E-state index contributed by atoms with van der Waals surface area (Å²) in [4.78, 5) is 4.12. The van der Waals surface area contributed by atoms with Crippen molar-refractivity contribution in [2.75, 3.05) is 11.9 Å². The Kier molecular flexibility index (Phi) is 7.43. The first-order chi connectivity index (χ1) is 7.93. The van der Waals surface area contributed by atoms with E-state index in [4.69, 9.17) is 0 Å². The minimum atomic E-state index is 0.820. The summed E-state index contributed by atoms with van der Waals surface area (Å²) in [5.41, 5.74) is 0. The third-order valence-corrected chi connectivity index (χ3v) is 2.35. The van der Waals surface area contributed by atoms with Gasteiger partial charge in [0.15, 0.2) is 6.67 Å². The zero-order chi connectivity index (χ0) is 11.5. The molecule has 0 spiro atoms. The third kappa shape index (κ3) is 6.40. The van der Waals surface area contributed by atoms with Crippen molar-refractivity contribution in [2.24, 2.45) is 0 Å². The van der Waals surface area contributed by atoms with Crippen molar-refractivity contribution in [2.45, 2.75) is 39.0 Å². The predicted octanol–water partition coefficient (Wildman–Crippen LogP) is 3.05. The minimum absolute atomic E-state index is 0.820. The van der Waals surface area contributed by atoms with Crippen molar-refractivity contribution in [3.63, 3.8) is 0 Å². The van der Waals surface area contributed by atoms with Crippen molar-refractivity contribution in [1.29, 1.82) is 0 Å². The molecule has 1 heterocycles. The van der Waals surface area contributed by atoms with Crippen LogP contribution in [0, 0.1) is 6.67 Å². The number of unbranched alkanes of at least 4 members (excludes halogenated alkanes) is 4. The van der Waals surface area contributed by atoms with Crippen LogP contribution in [0.5, 0.6) is 0 Å². The number of hydrogen-bond donors (Lipinski definition) is 2. The zero-order valence-corrected chi connectivity index (χ0v) is 10.00. The number of nitrogens with zero attached hydrogens (tertiary/aromatic N) is 1. The van der Waals surface area contributed by atoms with E-state index in [1.165, 1.54) is 32.1 Å². The van der Waals surface area contributed by atoms with E-state index in [9.17, 15) is 0 Å². The lowest BCUT2D eigenvalue weighted by Crippen LogP contribution is -2.17. The van der Waals surface area contributed by atoms with Gasteiger partial charge in [0.05, 0.1) is 0 Å². The second-order valence-corrected chi connectivity index (χ2v) is 3.81. The Labute approximate surface area is 98.7 Å². The second kappa shape index (κ2) is 9.16. The SMILES string of the molecule is CCCCCCCN[C]Nc1ccccn1. The van der Waals surface area contributed by atoms with Gasteiger partial charge in [-0.15, -0.1) is 0 Å². The molecule has 0 aliphatic carbocycles. The molecule has 0 fully saturated rings. The second-order valence-electron chi connectivity index (χ2n) is 3.81. The van der Waals surface area contributed by atoms with Crippen LogP contribution >= 0.6 is 0 Å². The lowest BCUT2D eigenvalue weighted by molar-refractivity contribution is 0.610. The number of rotatable bonds is 9. The summed E-state index contributed by atoms with van der Waals surface area (Å²) in [5.74, 6) is 0.820. The molecule has 0 aromatic carbocycles. The van der Waals surface area contributed by atoms with Gasteiger partial charge >= 0.3 is 0 Å². The first-order valence-corrected chi connectivity index (χ1v) is 6.08. The van der Waals surface area contributed by atoms with Gasteiger partial charge in [-0.1, -0.05) is 38.7 Å². The number of pyridine rings is 1. The highest BCUT2D eigenvalue weighted by Crippen LogP contribution is 2.02. The fraction of sp³-hybridized carbons (Fsp3) is 0.538. The van der Waals surface area contributed by atoms with Gasteiger partial charge in [0.25, 0.3) is 0 Å². The Balaban J connectivity index is 1.89. The predicted molar refractivity (Wildman–Crippen MR) is 67.9 cm³/mol. The number of hydrogen-bond acceptors (Lipinski definition) is 3. The van der Waals surface area contributed by atoms with Gasteiger partial charge in [0.2, 0.25) is 0 Å². The highest BCUT2D eigenvalue weighted by molar-refractivity contribution is 5.34. The van der Waals surface area contributed by atoms with Gasteiger partial charge in [0.1, 0.15) is 5.82 Å². The van der Waals surface area contributed by atoms with Crippen LogP contribution in [-0.2, 0) is 0 Å². The topological polar surface area (TPSA) is 37.0 Å².